The first-order valence-corrected chi connectivity index (χ1v) is 6.90. The second kappa shape index (κ2) is 4.22. The maximum atomic E-state index is 4.67. The van der Waals surface area contributed by atoms with Gasteiger partial charge in [-0.1, -0.05) is 13.8 Å². The van der Waals surface area contributed by atoms with E-state index >= 15 is 0 Å². The maximum absolute atomic E-state index is 4.67. The van der Waals surface area contributed by atoms with Gasteiger partial charge in [0.25, 0.3) is 0 Å². The fourth-order valence-corrected chi connectivity index (χ4v) is 3.53. The summed E-state index contributed by atoms with van der Waals surface area (Å²) in [5.74, 6) is 2.37. The summed E-state index contributed by atoms with van der Waals surface area (Å²) in [7, 11) is 0. The van der Waals surface area contributed by atoms with Gasteiger partial charge in [0.2, 0.25) is 0 Å². The van der Waals surface area contributed by atoms with Crippen LogP contribution in [-0.4, -0.2) is 20.2 Å². The number of aromatic nitrogens is 4. The molecule has 2 heterocycles. The minimum atomic E-state index is 0.763. The Labute approximate surface area is 105 Å². The van der Waals surface area contributed by atoms with E-state index in [2.05, 4.69) is 34.0 Å². The first-order valence-electron chi connectivity index (χ1n) is 6.08. The molecule has 0 spiro atoms. The molecule has 1 aliphatic carbocycles. The largest absolute Gasteiger partial charge is 0.257 e. The third-order valence-corrected chi connectivity index (χ3v) is 4.66. The van der Waals surface area contributed by atoms with Crippen molar-refractivity contribution in [1.29, 1.82) is 0 Å². The number of rotatable bonds is 2. The number of aromatic amines is 1. The van der Waals surface area contributed by atoms with Crippen LogP contribution >= 0.6 is 11.3 Å². The molecule has 2 aromatic heterocycles. The van der Waals surface area contributed by atoms with Gasteiger partial charge in [-0.25, -0.2) is 9.97 Å². The molecule has 1 N–H and O–H groups in total. The molecule has 0 aromatic carbocycles. The Morgan fingerprint density at radius 3 is 3.06 bits per heavy atom. The molecule has 0 saturated heterocycles. The van der Waals surface area contributed by atoms with Crippen LogP contribution in [0, 0.1) is 11.8 Å². The van der Waals surface area contributed by atoms with E-state index in [0.717, 1.165) is 29.1 Å². The molecule has 0 radical (unpaired) electrons. The zero-order chi connectivity index (χ0) is 11.8. The molecule has 0 saturated carbocycles. The third-order valence-electron chi connectivity index (χ3n) is 3.54. The van der Waals surface area contributed by atoms with E-state index in [1.807, 2.05) is 0 Å². The Balaban J connectivity index is 1.89. The normalized spacial score (nSPS) is 19.6. The highest BCUT2D eigenvalue weighted by atomic mass is 32.1. The Hall–Kier alpha value is -1.23. The lowest BCUT2D eigenvalue weighted by molar-refractivity contribution is 0.344. The van der Waals surface area contributed by atoms with Crippen molar-refractivity contribution in [2.75, 3.05) is 0 Å². The van der Waals surface area contributed by atoms with Gasteiger partial charge in [0.15, 0.2) is 10.8 Å². The first kappa shape index (κ1) is 10.9. The van der Waals surface area contributed by atoms with Crippen molar-refractivity contribution in [1.82, 2.24) is 20.2 Å². The smallest absolute Gasteiger partial charge is 0.184 e. The average molecular weight is 248 g/mol. The van der Waals surface area contributed by atoms with Crippen molar-refractivity contribution >= 4 is 11.3 Å². The van der Waals surface area contributed by atoms with E-state index in [4.69, 9.17) is 0 Å². The summed E-state index contributed by atoms with van der Waals surface area (Å²) in [6.45, 7) is 4.63. The molecule has 3 rings (SSSR count). The summed E-state index contributed by atoms with van der Waals surface area (Å²) in [5.41, 5.74) is 1.28. The molecular formula is C12H16N4S. The summed E-state index contributed by atoms with van der Waals surface area (Å²) in [4.78, 5) is 10.3. The van der Waals surface area contributed by atoms with Crippen LogP contribution in [0.3, 0.4) is 0 Å². The molecule has 5 heteroatoms. The second-order valence-corrected chi connectivity index (χ2v) is 6.05. The predicted molar refractivity (Wildman–Crippen MR) is 67.8 cm³/mol. The van der Waals surface area contributed by atoms with E-state index in [1.165, 1.54) is 29.7 Å². The second-order valence-electron chi connectivity index (χ2n) is 4.97. The highest BCUT2D eigenvalue weighted by Crippen LogP contribution is 2.35. The van der Waals surface area contributed by atoms with E-state index in [1.54, 1.807) is 11.3 Å². The monoisotopic (exact) mass is 248 g/mol. The number of nitrogens with zero attached hydrogens (tertiary/aromatic N) is 3. The fraction of sp³-hybridized carbons (Fsp3) is 0.583. The fourth-order valence-electron chi connectivity index (χ4n) is 2.38. The van der Waals surface area contributed by atoms with E-state index in [9.17, 15) is 0 Å². The van der Waals surface area contributed by atoms with Gasteiger partial charge in [-0.3, -0.25) is 5.10 Å². The lowest BCUT2D eigenvalue weighted by Crippen LogP contribution is -2.17. The lowest BCUT2D eigenvalue weighted by atomic mass is 9.83. The molecular weight excluding hydrogens is 232 g/mol. The standard InChI is InChI=1S/C12H16N4S/c1-7(2)8-3-4-9-10(5-8)17-12(15-9)11-13-6-14-16-11/h6-8H,3-5H2,1-2H3,(H,13,14,16). The summed E-state index contributed by atoms with van der Waals surface area (Å²) < 4.78 is 0. The Morgan fingerprint density at radius 2 is 2.35 bits per heavy atom. The number of thiazole rings is 1. The number of fused-ring (bicyclic) bond motifs is 1. The molecule has 1 unspecified atom stereocenters. The first-order chi connectivity index (χ1) is 8.24. The molecule has 0 amide bonds. The molecule has 1 atom stereocenters. The number of hydrogen-bond donors (Lipinski definition) is 1. The Bertz CT molecular complexity index is 501. The van der Waals surface area contributed by atoms with Gasteiger partial charge >= 0.3 is 0 Å². The molecule has 4 nitrogen and oxygen atoms in total. The zero-order valence-electron chi connectivity index (χ0n) is 10.1. The van der Waals surface area contributed by atoms with Crippen molar-refractivity contribution in [2.24, 2.45) is 11.8 Å². The van der Waals surface area contributed by atoms with Crippen LogP contribution in [0.15, 0.2) is 6.33 Å². The predicted octanol–water partition coefficient (Wildman–Crippen LogP) is 2.69. The maximum Gasteiger partial charge on any atom is 0.184 e. The third kappa shape index (κ3) is 1.99. The van der Waals surface area contributed by atoms with Gasteiger partial charge < -0.3 is 0 Å². The van der Waals surface area contributed by atoms with E-state index < -0.39 is 0 Å². The van der Waals surface area contributed by atoms with Crippen molar-refractivity contribution in [3.63, 3.8) is 0 Å². The number of H-pyrrole nitrogens is 1. The molecule has 1 aliphatic rings. The SMILES string of the molecule is CC(C)C1CCc2nc(-c3ncn[nH]3)sc2C1. The van der Waals surface area contributed by atoms with Gasteiger partial charge in [-0.15, -0.1) is 11.3 Å². The van der Waals surface area contributed by atoms with Crippen LogP contribution in [0.5, 0.6) is 0 Å². The number of nitrogens with one attached hydrogen (secondary N) is 1. The molecule has 0 fully saturated rings. The summed E-state index contributed by atoms with van der Waals surface area (Å²) in [5, 5.41) is 7.75. The zero-order valence-corrected chi connectivity index (χ0v) is 10.9. The van der Waals surface area contributed by atoms with Crippen LogP contribution < -0.4 is 0 Å². The van der Waals surface area contributed by atoms with Crippen LogP contribution in [0.25, 0.3) is 10.8 Å². The van der Waals surface area contributed by atoms with E-state index in [0.29, 0.717) is 0 Å². The van der Waals surface area contributed by atoms with Crippen LogP contribution in [0.1, 0.15) is 30.8 Å². The minimum absolute atomic E-state index is 0.763. The molecule has 2 aromatic rings. The number of hydrogen-bond acceptors (Lipinski definition) is 4. The van der Waals surface area contributed by atoms with Gasteiger partial charge in [0.05, 0.1) is 5.69 Å². The quantitative estimate of drug-likeness (QED) is 0.889. The average Bonchev–Trinajstić information content (AvgIpc) is 2.96. The number of aryl methyl sites for hydroxylation is 1. The summed E-state index contributed by atoms with van der Waals surface area (Å²) in [6.07, 6.45) is 5.10. The van der Waals surface area contributed by atoms with Crippen LogP contribution in [0.2, 0.25) is 0 Å². The molecule has 0 bridgehead atoms. The highest BCUT2D eigenvalue weighted by Gasteiger charge is 2.25. The molecule has 90 valence electrons. The highest BCUT2D eigenvalue weighted by molar-refractivity contribution is 7.15. The van der Waals surface area contributed by atoms with Crippen LogP contribution in [0.4, 0.5) is 0 Å². The van der Waals surface area contributed by atoms with E-state index in [-0.39, 0.29) is 0 Å². The topological polar surface area (TPSA) is 54.5 Å². The van der Waals surface area contributed by atoms with Crippen LogP contribution in [-0.2, 0) is 12.8 Å². The molecule has 0 aliphatic heterocycles. The summed E-state index contributed by atoms with van der Waals surface area (Å²) >= 11 is 1.77. The minimum Gasteiger partial charge on any atom is -0.257 e. The molecule has 17 heavy (non-hydrogen) atoms. The summed E-state index contributed by atoms with van der Waals surface area (Å²) in [6, 6.07) is 0. The van der Waals surface area contributed by atoms with Crippen molar-refractivity contribution in [3.05, 3.63) is 16.9 Å². The van der Waals surface area contributed by atoms with Gasteiger partial charge in [-0.2, -0.15) is 5.10 Å². The Kier molecular flexibility index (Phi) is 2.70. The Morgan fingerprint density at radius 1 is 1.47 bits per heavy atom. The van der Waals surface area contributed by atoms with Crippen molar-refractivity contribution < 1.29 is 0 Å². The van der Waals surface area contributed by atoms with Gasteiger partial charge in [-0.05, 0) is 31.1 Å². The van der Waals surface area contributed by atoms with Crippen molar-refractivity contribution in [2.45, 2.75) is 33.1 Å². The van der Waals surface area contributed by atoms with Gasteiger partial charge in [0, 0.05) is 4.88 Å². The van der Waals surface area contributed by atoms with Gasteiger partial charge in [0.1, 0.15) is 6.33 Å². The lowest BCUT2D eigenvalue weighted by Gasteiger charge is -2.24. The van der Waals surface area contributed by atoms with Crippen molar-refractivity contribution in [3.8, 4) is 10.8 Å².